The molecule has 2 aromatic carbocycles. The number of hydrogen-bond donors (Lipinski definition) is 1. The van der Waals surface area contributed by atoms with E-state index in [1.54, 1.807) is 41.3 Å². The molecule has 1 N–H and O–H groups in total. The van der Waals surface area contributed by atoms with Gasteiger partial charge in [-0.15, -0.1) is 0 Å². The van der Waals surface area contributed by atoms with Crippen molar-refractivity contribution in [1.82, 2.24) is 9.80 Å². The number of aliphatic hydroxyl groups is 1. The molecule has 1 unspecified atom stereocenters. The summed E-state index contributed by atoms with van der Waals surface area (Å²) in [5, 5.41) is 11.8. The lowest BCUT2D eigenvalue weighted by Gasteiger charge is -2.26. The fraction of sp³-hybridized carbons (Fsp3) is 0.385. The Bertz CT molecular complexity index is 1050. The number of carbonyl (C=O) groups excluding carboxylic acids is 2. The summed E-state index contributed by atoms with van der Waals surface area (Å²) in [4.78, 5) is 29.7. The average molecular weight is 471 g/mol. The summed E-state index contributed by atoms with van der Waals surface area (Å²) in [5.41, 5.74) is 2.09. The van der Waals surface area contributed by atoms with Crippen LogP contribution in [-0.2, 0) is 9.59 Å². The summed E-state index contributed by atoms with van der Waals surface area (Å²) < 4.78 is 5.67. The van der Waals surface area contributed by atoms with Crippen molar-refractivity contribution in [3.8, 4) is 5.75 Å². The maximum absolute atomic E-state index is 13.1. The third kappa shape index (κ3) is 5.57. The Labute approximate surface area is 200 Å². The number of benzene rings is 2. The Morgan fingerprint density at radius 3 is 2.45 bits per heavy atom. The fourth-order valence-electron chi connectivity index (χ4n) is 4.02. The molecule has 1 heterocycles. The first-order chi connectivity index (χ1) is 15.7. The number of Topliss-reactive ketones (excluding diaryl/α,β-unsaturated/α-hetero) is 1. The maximum Gasteiger partial charge on any atom is 0.295 e. The molecule has 0 aliphatic carbocycles. The second-order valence-corrected chi connectivity index (χ2v) is 8.96. The van der Waals surface area contributed by atoms with Crippen LogP contribution in [0.4, 0.5) is 0 Å². The van der Waals surface area contributed by atoms with Crippen molar-refractivity contribution in [2.75, 3.05) is 33.8 Å². The van der Waals surface area contributed by atoms with Crippen molar-refractivity contribution in [3.63, 3.8) is 0 Å². The van der Waals surface area contributed by atoms with Gasteiger partial charge in [-0.05, 0) is 81.9 Å². The molecule has 0 spiro atoms. The van der Waals surface area contributed by atoms with Gasteiger partial charge in [-0.3, -0.25) is 9.59 Å². The number of halogens is 1. The number of nitrogens with zero attached hydrogens (tertiary/aromatic N) is 2. The molecular weight excluding hydrogens is 440 g/mol. The zero-order chi connectivity index (χ0) is 24.1. The molecule has 1 aliphatic heterocycles. The van der Waals surface area contributed by atoms with Gasteiger partial charge < -0.3 is 19.6 Å². The predicted octanol–water partition coefficient (Wildman–Crippen LogP) is 4.81. The van der Waals surface area contributed by atoms with Crippen molar-refractivity contribution in [1.29, 1.82) is 0 Å². The van der Waals surface area contributed by atoms with E-state index in [0.717, 1.165) is 24.1 Å². The quantitative estimate of drug-likeness (QED) is 0.323. The van der Waals surface area contributed by atoms with Crippen LogP contribution in [0.3, 0.4) is 0 Å². The van der Waals surface area contributed by atoms with Gasteiger partial charge in [0, 0.05) is 17.1 Å². The molecule has 33 heavy (non-hydrogen) atoms. The van der Waals surface area contributed by atoms with E-state index in [0.29, 0.717) is 35.9 Å². The highest BCUT2D eigenvalue weighted by Gasteiger charge is 2.45. The van der Waals surface area contributed by atoms with Crippen LogP contribution in [0.2, 0.25) is 5.02 Å². The summed E-state index contributed by atoms with van der Waals surface area (Å²) in [5.74, 6) is -0.758. The fourth-order valence-corrected chi connectivity index (χ4v) is 4.14. The van der Waals surface area contributed by atoms with Crippen LogP contribution in [-0.4, -0.2) is 60.4 Å². The minimum Gasteiger partial charge on any atom is -0.507 e. The third-order valence-corrected chi connectivity index (χ3v) is 5.91. The van der Waals surface area contributed by atoms with E-state index in [-0.39, 0.29) is 11.3 Å². The SMILES string of the molecule is CCCOc1ccc(/C(O)=C2/C(=O)C(=O)N(CCCN(C)C)C2c2ccc(Cl)cc2)c(C)c1. The van der Waals surface area contributed by atoms with Gasteiger partial charge in [-0.2, -0.15) is 0 Å². The van der Waals surface area contributed by atoms with Crippen molar-refractivity contribution >= 4 is 29.1 Å². The van der Waals surface area contributed by atoms with E-state index in [1.165, 1.54) is 0 Å². The van der Waals surface area contributed by atoms with E-state index < -0.39 is 17.7 Å². The Morgan fingerprint density at radius 2 is 1.85 bits per heavy atom. The first kappa shape index (κ1) is 24.8. The largest absolute Gasteiger partial charge is 0.507 e. The minimum atomic E-state index is -0.681. The van der Waals surface area contributed by atoms with E-state index in [9.17, 15) is 14.7 Å². The zero-order valence-corrected chi connectivity index (χ0v) is 20.4. The molecule has 1 atom stereocenters. The second-order valence-electron chi connectivity index (χ2n) is 8.53. The predicted molar refractivity (Wildman–Crippen MR) is 131 cm³/mol. The average Bonchev–Trinajstić information content (AvgIpc) is 3.02. The molecular formula is C26H31ClN2O4. The molecule has 0 saturated carbocycles. The van der Waals surface area contributed by atoms with Crippen LogP contribution in [0.1, 0.15) is 42.5 Å². The van der Waals surface area contributed by atoms with Crippen LogP contribution >= 0.6 is 11.6 Å². The lowest BCUT2D eigenvalue weighted by molar-refractivity contribution is -0.139. The molecule has 0 aromatic heterocycles. The van der Waals surface area contributed by atoms with Crippen molar-refractivity contribution in [3.05, 3.63) is 69.8 Å². The number of hydrogen-bond acceptors (Lipinski definition) is 5. The molecule has 0 bridgehead atoms. The highest BCUT2D eigenvalue weighted by molar-refractivity contribution is 6.46. The Balaban J connectivity index is 2.06. The van der Waals surface area contributed by atoms with E-state index in [4.69, 9.17) is 16.3 Å². The monoisotopic (exact) mass is 470 g/mol. The van der Waals surface area contributed by atoms with Gasteiger partial charge in [0.1, 0.15) is 11.5 Å². The number of ether oxygens (including phenoxy) is 1. The number of ketones is 1. The summed E-state index contributed by atoms with van der Waals surface area (Å²) in [6.07, 6.45) is 1.59. The normalized spacial score (nSPS) is 17.8. The standard InChI is InChI=1S/C26H31ClN2O4/c1-5-15-33-20-11-12-21(17(2)16-20)24(30)22-23(18-7-9-19(27)10-8-18)29(26(32)25(22)31)14-6-13-28(3)4/h7-12,16,23,30H,5-6,13-15H2,1-4H3/b24-22-. The number of likely N-dealkylation sites (tertiary alicyclic amines) is 1. The Morgan fingerprint density at radius 1 is 1.15 bits per heavy atom. The first-order valence-electron chi connectivity index (χ1n) is 11.2. The van der Waals surface area contributed by atoms with Gasteiger partial charge in [0.05, 0.1) is 18.2 Å². The van der Waals surface area contributed by atoms with Gasteiger partial charge >= 0.3 is 0 Å². The lowest BCUT2D eigenvalue weighted by Crippen LogP contribution is -2.32. The molecule has 2 aromatic rings. The summed E-state index contributed by atoms with van der Waals surface area (Å²) in [6.45, 7) is 5.64. The minimum absolute atomic E-state index is 0.0949. The van der Waals surface area contributed by atoms with Crippen molar-refractivity contribution in [2.45, 2.75) is 32.7 Å². The van der Waals surface area contributed by atoms with E-state index in [2.05, 4.69) is 0 Å². The molecule has 1 aliphatic rings. The van der Waals surface area contributed by atoms with Gasteiger partial charge in [-0.1, -0.05) is 30.7 Å². The molecule has 1 amide bonds. The molecule has 1 saturated heterocycles. The highest BCUT2D eigenvalue weighted by atomic mass is 35.5. The van der Waals surface area contributed by atoms with Crippen molar-refractivity contribution < 1.29 is 19.4 Å². The van der Waals surface area contributed by atoms with Gasteiger partial charge in [0.15, 0.2) is 0 Å². The number of carbonyl (C=O) groups is 2. The van der Waals surface area contributed by atoms with Crippen LogP contribution in [0.5, 0.6) is 5.75 Å². The molecule has 7 heteroatoms. The Kier molecular flexibility index (Phi) is 8.16. The van der Waals surface area contributed by atoms with Crippen LogP contribution < -0.4 is 4.74 Å². The third-order valence-electron chi connectivity index (χ3n) is 5.66. The second kappa shape index (κ2) is 10.9. The summed E-state index contributed by atoms with van der Waals surface area (Å²) in [6, 6.07) is 11.7. The number of aryl methyl sites for hydroxylation is 1. The number of rotatable bonds is 9. The van der Waals surface area contributed by atoms with Gasteiger partial charge in [0.2, 0.25) is 0 Å². The highest BCUT2D eigenvalue weighted by Crippen LogP contribution is 2.40. The van der Waals surface area contributed by atoms with Crippen LogP contribution in [0.15, 0.2) is 48.0 Å². The maximum atomic E-state index is 13.1. The zero-order valence-electron chi connectivity index (χ0n) is 19.6. The number of amides is 1. The number of aliphatic hydroxyl groups excluding tert-OH is 1. The Hall–Kier alpha value is -2.83. The molecule has 176 valence electrons. The topological polar surface area (TPSA) is 70.1 Å². The van der Waals surface area contributed by atoms with E-state index >= 15 is 0 Å². The molecule has 3 rings (SSSR count). The first-order valence-corrected chi connectivity index (χ1v) is 11.5. The molecule has 1 fully saturated rings. The van der Waals surface area contributed by atoms with Crippen LogP contribution in [0.25, 0.3) is 5.76 Å². The van der Waals surface area contributed by atoms with Crippen molar-refractivity contribution in [2.24, 2.45) is 0 Å². The molecule has 6 nitrogen and oxygen atoms in total. The smallest absolute Gasteiger partial charge is 0.295 e. The van der Waals surface area contributed by atoms with E-state index in [1.807, 2.05) is 38.9 Å². The summed E-state index contributed by atoms with van der Waals surface area (Å²) >= 11 is 6.07. The lowest BCUT2D eigenvalue weighted by atomic mass is 9.94. The summed E-state index contributed by atoms with van der Waals surface area (Å²) in [7, 11) is 3.92. The van der Waals surface area contributed by atoms with Crippen LogP contribution in [0, 0.1) is 6.92 Å². The van der Waals surface area contributed by atoms with Gasteiger partial charge in [0.25, 0.3) is 11.7 Å². The van der Waals surface area contributed by atoms with Gasteiger partial charge in [-0.25, -0.2) is 0 Å². The molecule has 0 radical (unpaired) electrons.